The average molecular weight is 412 g/mol. The molecule has 1 amide bonds. The Balaban J connectivity index is 0.000000646. The molecule has 12 heteroatoms. The first kappa shape index (κ1) is 23.2. The number of alkyl halides is 2. The van der Waals surface area contributed by atoms with Crippen LogP contribution in [0.3, 0.4) is 0 Å². The Morgan fingerprint density at radius 2 is 1.96 bits per heavy atom. The number of halogens is 2. The Bertz CT molecular complexity index is 653. The number of rotatable bonds is 4. The van der Waals surface area contributed by atoms with Crippen molar-refractivity contribution in [1.82, 2.24) is 9.88 Å². The van der Waals surface area contributed by atoms with Gasteiger partial charge in [0.15, 0.2) is 0 Å². The maximum atomic E-state index is 12.4. The smallest absolute Gasteiger partial charge is 0.466 e. The van der Waals surface area contributed by atoms with Gasteiger partial charge in [0.05, 0.1) is 12.2 Å². The highest BCUT2D eigenvalue weighted by Crippen LogP contribution is 2.26. The van der Waals surface area contributed by atoms with Crippen molar-refractivity contribution in [2.24, 2.45) is 0 Å². The zero-order valence-corrected chi connectivity index (χ0v) is 16.0. The molecule has 9 nitrogen and oxygen atoms in total. The van der Waals surface area contributed by atoms with Crippen molar-refractivity contribution in [2.75, 3.05) is 13.2 Å². The van der Waals surface area contributed by atoms with Crippen LogP contribution in [-0.4, -0.2) is 55.5 Å². The Morgan fingerprint density at radius 1 is 1.37 bits per heavy atom. The maximum absolute atomic E-state index is 12.4. The summed E-state index contributed by atoms with van der Waals surface area (Å²) in [5.74, 6) is 0.403. The minimum atomic E-state index is -4.64. The minimum Gasteiger partial charge on any atom is -0.490 e. The van der Waals surface area contributed by atoms with Gasteiger partial charge in [-0.25, -0.2) is 18.1 Å². The molecule has 0 aromatic carbocycles. The number of hydrogen-bond donors (Lipinski definition) is 3. The fourth-order valence-corrected chi connectivity index (χ4v) is 1.97. The molecule has 0 saturated carbocycles. The quantitative estimate of drug-likeness (QED) is 0.643. The summed E-state index contributed by atoms with van der Waals surface area (Å²) in [6, 6.07) is 2.61. The molecular formula is C15H23F2N2O7P. The zero-order chi connectivity index (χ0) is 20.8. The molecule has 1 aliphatic heterocycles. The van der Waals surface area contributed by atoms with Crippen molar-refractivity contribution in [3.63, 3.8) is 0 Å². The molecule has 27 heavy (non-hydrogen) atoms. The number of nitrogens with zero attached hydrogens (tertiary/aromatic N) is 2. The van der Waals surface area contributed by atoms with Crippen LogP contribution in [0.4, 0.5) is 13.6 Å². The van der Waals surface area contributed by atoms with Crippen molar-refractivity contribution in [3.8, 4) is 5.75 Å². The van der Waals surface area contributed by atoms with Gasteiger partial charge in [-0.05, 0) is 39.3 Å². The van der Waals surface area contributed by atoms with Gasteiger partial charge in [0.2, 0.25) is 0 Å². The summed E-state index contributed by atoms with van der Waals surface area (Å²) in [4.78, 5) is 38.7. The molecule has 0 unspecified atom stereocenters. The van der Waals surface area contributed by atoms with E-state index in [9.17, 15) is 13.6 Å². The third kappa shape index (κ3) is 9.62. The van der Waals surface area contributed by atoms with E-state index in [4.69, 9.17) is 28.7 Å². The molecule has 1 aromatic heterocycles. The summed E-state index contributed by atoms with van der Waals surface area (Å²) in [5.41, 5.74) is -0.820. The van der Waals surface area contributed by atoms with Gasteiger partial charge in [-0.2, -0.15) is 0 Å². The molecule has 1 fully saturated rings. The molecule has 1 saturated heterocycles. The summed E-state index contributed by atoms with van der Waals surface area (Å²) in [5, 5.41) is 0. The SMILES string of the molecule is CC(C)(C)OC(=O)N1CC[C@H]1COc1ccc(C(F)F)nc1.O=P(O)(O)O. The Kier molecular flexibility index (Phi) is 8.09. The molecule has 0 radical (unpaired) electrons. The van der Waals surface area contributed by atoms with Crippen LogP contribution in [0, 0.1) is 0 Å². The summed E-state index contributed by atoms with van der Waals surface area (Å²) in [6.07, 6.45) is -0.874. The molecular weight excluding hydrogens is 389 g/mol. The van der Waals surface area contributed by atoms with Crippen LogP contribution in [0.25, 0.3) is 0 Å². The van der Waals surface area contributed by atoms with Gasteiger partial charge in [0.1, 0.15) is 23.7 Å². The zero-order valence-electron chi connectivity index (χ0n) is 15.1. The highest BCUT2D eigenvalue weighted by Gasteiger charge is 2.35. The lowest BCUT2D eigenvalue weighted by Gasteiger charge is -2.40. The highest BCUT2D eigenvalue weighted by atomic mass is 31.2. The second kappa shape index (κ2) is 9.41. The molecule has 0 aliphatic carbocycles. The fraction of sp³-hybridized carbons (Fsp3) is 0.600. The molecule has 1 aromatic rings. The van der Waals surface area contributed by atoms with Crippen molar-refractivity contribution >= 4 is 13.9 Å². The predicted octanol–water partition coefficient (Wildman–Crippen LogP) is 2.48. The number of carbonyl (C=O) groups is 1. The van der Waals surface area contributed by atoms with Gasteiger partial charge in [0.25, 0.3) is 6.43 Å². The molecule has 1 aliphatic rings. The number of phosphoric acid groups is 1. The summed E-state index contributed by atoms with van der Waals surface area (Å²) in [6.45, 7) is 6.35. The van der Waals surface area contributed by atoms with Crippen molar-refractivity contribution in [2.45, 2.75) is 45.3 Å². The number of ether oxygens (including phenoxy) is 2. The van der Waals surface area contributed by atoms with Crippen molar-refractivity contribution < 1.29 is 42.3 Å². The van der Waals surface area contributed by atoms with Gasteiger partial charge < -0.3 is 29.1 Å². The minimum absolute atomic E-state index is 0.0652. The van der Waals surface area contributed by atoms with Gasteiger partial charge in [-0.1, -0.05) is 0 Å². The number of amides is 1. The van der Waals surface area contributed by atoms with E-state index >= 15 is 0 Å². The number of hydrogen-bond acceptors (Lipinski definition) is 5. The average Bonchev–Trinajstić information content (AvgIpc) is 2.42. The van der Waals surface area contributed by atoms with E-state index in [2.05, 4.69) is 4.98 Å². The predicted molar refractivity (Wildman–Crippen MR) is 90.3 cm³/mol. The van der Waals surface area contributed by atoms with Crippen LogP contribution < -0.4 is 4.74 Å². The number of aromatic nitrogens is 1. The fourth-order valence-electron chi connectivity index (χ4n) is 1.97. The topological polar surface area (TPSA) is 129 Å². The number of carbonyl (C=O) groups excluding carboxylic acids is 1. The third-order valence-electron chi connectivity index (χ3n) is 3.20. The Morgan fingerprint density at radius 3 is 2.33 bits per heavy atom. The van der Waals surface area contributed by atoms with Crippen LogP contribution >= 0.6 is 7.82 Å². The van der Waals surface area contributed by atoms with Crippen LogP contribution in [0.5, 0.6) is 5.75 Å². The monoisotopic (exact) mass is 412 g/mol. The van der Waals surface area contributed by atoms with Gasteiger partial charge >= 0.3 is 13.9 Å². The first-order valence-electron chi connectivity index (χ1n) is 7.91. The summed E-state index contributed by atoms with van der Waals surface area (Å²) < 4.78 is 44.5. The third-order valence-corrected chi connectivity index (χ3v) is 3.20. The number of pyridine rings is 1. The van der Waals surface area contributed by atoms with E-state index in [-0.39, 0.29) is 24.4 Å². The van der Waals surface area contributed by atoms with Crippen molar-refractivity contribution in [1.29, 1.82) is 0 Å². The van der Waals surface area contributed by atoms with E-state index < -0.39 is 19.8 Å². The second-order valence-corrected chi connectivity index (χ2v) is 7.69. The van der Waals surface area contributed by atoms with Crippen LogP contribution in [-0.2, 0) is 9.30 Å². The van der Waals surface area contributed by atoms with E-state index in [0.29, 0.717) is 12.3 Å². The Hall–Kier alpha value is -1.81. The van der Waals surface area contributed by atoms with Gasteiger partial charge in [-0.15, -0.1) is 0 Å². The molecule has 154 valence electrons. The Labute approximate surface area is 155 Å². The lowest BCUT2D eigenvalue weighted by molar-refractivity contribution is -0.0142. The standard InChI is InChI=1S/C15H20F2N2O3.H3O4P/c1-15(2,3)22-14(20)19-7-6-10(19)9-21-11-4-5-12(13(16)17)18-8-11;1-5(2,3)4/h4-5,8,10,13H,6-7,9H2,1-3H3;(H3,1,2,3,4)/t10-;/m0./s1. The van der Waals surface area contributed by atoms with Crippen molar-refractivity contribution in [3.05, 3.63) is 24.0 Å². The molecule has 0 spiro atoms. The summed E-state index contributed by atoms with van der Waals surface area (Å²) >= 11 is 0. The first-order valence-corrected chi connectivity index (χ1v) is 9.47. The van der Waals surface area contributed by atoms with E-state index in [1.165, 1.54) is 18.3 Å². The summed E-state index contributed by atoms with van der Waals surface area (Å²) in [7, 11) is -4.64. The lowest BCUT2D eigenvalue weighted by atomic mass is 10.1. The normalized spacial score (nSPS) is 16.9. The second-order valence-electron chi connectivity index (χ2n) is 6.66. The van der Waals surface area contributed by atoms with E-state index in [1.54, 1.807) is 4.90 Å². The van der Waals surface area contributed by atoms with Gasteiger partial charge in [0, 0.05) is 6.54 Å². The van der Waals surface area contributed by atoms with E-state index in [1.807, 2.05) is 20.8 Å². The largest absolute Gasteiger partial charge is 0.490 e. The number of likely N-dealkylation sites (tertiary alicyclic amines) is 1. The molecule has 1 atom stereocenters. The molecule has 0 bridgehead atoms. The molecule has 2 heterocycles. The van der Waals surface area contributed by atoms with E-state index in [0.717, 1.165) is 6.42 Å². The van der Waals surface area contributed by atoms with Crippen LogP contribution in [0.2, 0.25) is 0 Å². The molecule has 3 N–H and O–H groups in total. The van der Waals surface area contributed by atoms with Gasteiger partial charge in [-0.3, -0.25) is 4.98 Å². The first-order chi connectivity index (χ1) is 12.3. The maximum Gasteiger partial charge on any atom is 0.466 e. The highest BCUT2D eigenvalue weighted by molar-refractivity contribution is 7.45. The lowest BCUT2D eigenvalue weighted by Crippen LogP contribution is -2.55. The molecule has 2 rings (SSSR count). The van der Waals surface area contributed by atoms with Crippen LogP contribution in [0.1, 0.15) is 39.3 Å². The van der Waals surface area contributed by atoms with Crippen LogP contribution in [0.15, 0.2) is 18.3 Å².